The summed E-state index contributed by atoms with van der Waals surface area (Å²) in [4.78, 5) is 22.1. The fraction of sp³-hybridized carbons (Fsp3) is 0.429. The molecule has 0 aliphatic carbocycles. The average Bonchev–Trinajstić information content (AvgIpc) is 2.37. The van der Waals surface area contributed by atoms with Gasteiger partial charge in [0.15, 0.2) is 6.61 Å². The van der Waals surface area contributed by atoms with E-state index in [0.29, 0.717) is 18.6 Å². The Hall–Kier alpha value is -1.08. The predicted octanol–water partition coefficient (Wildman–Crippen LogP) is 3.35. The Morgan fingerprint density at radius 1 is 1.38 bits per heavy atom. The van der Waals surface area contributed by atoms with Crippen LogP contribution in [-0.2, 0) is 9.59 Å². The lowest BCUT2D eigenvalue weighted by Gasteiger charge is -2.14. The fourth-order valence-corrected chi connectivity index (χ4v) is 2.85. The van der Waals surface area contributed by atoms with Gasteiger partial charge in [-0.2, -0.15) is 0 Å². The van der Waals surface area contributed by atoms with E-state index in [4.69, 9.17) is 9.84 Å². The van der Waals surface area contributed by atoms with Crippen LogP contribution in [0.4, 0.5) is 0 Å². The highest BCUT2D eigenvalue weighted by Gasteiger charge is 2.10. The van der Waals surface area contributed by atoms with Gasteiger partial charge in [0.05, 0.1) is 4.47 Å². The van der Waals surface area contributed by atoms with Crippen LogP contribution in [-0.4, -0.2) is 29.6 Å². The van der Waals surface area contributed by atoms with Crippen LogP contribution in [0, 0.1) is 0 Å². The van der Waals surface area contributed by atoms with Gasteiger partial charge in [0.1, 0.15) is 5.75 Å². The van der Waals surface area contributed by atoms with E-state index in [0.717, 1.165) is 8.95 Å². The Labute approximate surface area is 140 Å². The molecule has 1 amide bonds. The Morgan fingerprint density at radius 2 is 2.10 bits per heavy atom. The number of amides is 1. The van der Waals surface area contributed by atoms with Crippen LogP contribution >= 0.6 is 31.9 Å². The number of carbonyl (C=O) groups is 2. The third-order valence-electron chi connectivity index (χ3n) is 2.69. The molecular weight excluding hydrogens is 406 g/mol. The molecule has 1 rings (SSSR count). The van der Waals surface area contributed by atoms with Crippen molar-refractivity contribution in [2.75, 3.05) is 6.61 Å². The van der Waals surface area contributed by atoms with Gasteiger partial charge in [-0.1, -0.05) is 15.9 Å². The second kappa shape index (κ2) is 9.04. The summed E-state index contributed by atoms with van der Waals surface area (Å²) in [6.45, 7) is 1.76. The minimum absolute atomic E-state index is 0.0752. The number of carboxylic acids is 1. The van der Waals surface area contributed by atoms with Gasteiger partial charge in [0, 0.05) is 16.9 Å². The number of ether oxygens (including phenoxy) is 1. The Kier molecular flexibility index (Phi) is 7.74. The molecule has 0 bridgehead atoms. The molecule has 0 heterocycles. The number of aliphatic carboxylic acids is 1. The van der Waals surface area contributed by atoms with Gasteiger partial charge in [0.2, 0.25) is 0 Å². The number of nitrogens with one attached hydrogen (secondary N) is 1. The molecule has 0 saturated heterocycles. The molecule has 0 aliphatic rings. The first-order valence-corrected chi connectivity index (χ1v) is 8.06. The molecule has 0 radical (unpaired) electrons. The van der Waals surface area contributed by atoms with Crippen molar-refractivity contribution in [2.45, 2.75) is 32.2 Å². The highest BCUT2D eigenvalue weighted by atomic mass is 79.9. The van der Waals surface area contributed by atoms with Crippen LogP contribution in [0.1, 0.15) is 26.2 Å². The van der Waals surface area contributed by atoms with Crippen molar-refractivity contribution in [3.05, 3.63) is 27.1 Å². The summed E-state index contributed by atoms with van der Waals surface area (Å²) in [6.07, 6.45) is 1.28. The number of halogens is 2. The van der Waals surface area contributed by atoms with Crippen LogP contribution in [0.2, 0.25) is 0 Å². The standard InChI is InChI=1S/C14H17Br2NO4/c1-9(3-2-4-14(19)20)17-13(18)8-21-12-6-5-10(15)7-11(12)16/h5-7,9H,2-4,8H2,1H3,(H,17,18)(H,19,20). The molecule has 5 nitrogen and oxygen atoms in total. The zero-order chi connectivity index (χ0) is 15.8. The van der Waals surface area contributed by atoms with Crippen LogP contribution in [0.15, 0.2) is 27.1 Å². The predicted molar refractivity (Wildman–Crippen MR) is 86.4 cm³/mol. The summed E-state index contributed by atoms with van der Waals surface area (Å²) in [7, 11) is 0. The second-order valence-electron chi connectivity index (χ2n) is 4.62. The van der Waals surface area contributed by atoms with Gasteiger partial charge in [-0.05, 0) is 53.9 Å². The van der Waals surface area contributed by atoms with Crippen LogP contribution < -0.4 is 10.1 Å². The van der Waals surface area contributed by atoms with E-state index in [1.54, 1.807) is 6.07 Å². The maximum Gasteiger partial charge on any atom is 0.303 e. The zero-order valence-corrected chi connectivity index (χ0v) is 14.7. The molecule has 1 aromatic carbocycles. The van der Waals surface area contributed by atoms with E-state index in [-0.39, 0.29) is 25.0 Å². The normalized spacial score (nSPS) is 11.8. The lowest BCUT2D eigenvalue weighted by Crippen LogP contribution is -2.36. The van der Waals surface area contributed by atoms with Crippen LogP contribution in [0.25, 0.3) is 0 Å². The fourth-order valence-electron chi connectivity index (χ4n) is 1.68. The molecule has 116 valence electrons. The number of rotatable bonds is 8. The Bertz CT molecular complexity index is 508. The summed E-state index contributed by atoms with van der Waals surface area (Å²) in [6, 6.07) is 5.35. The summed E-state index contributed by atoms with van der Waals surface area (Å²) in [5, 5.41) is 11.3. The Balaban J connectivity index is 2.31. The molecule has 1 aromatic rings. The molecule has 1 atom stereocenters. The first-order chi connectivity index (χ1) is 9.88. The summed E-state index contributed by atoms with van der Waals surface area (Å²) in [5.41, 5.74) is 0. The van der Waals surface area contributed by atoms with Crippen molar-refractivity contribution in [2.24, 2.45) is 0 Å². The largest absolute Gasteiger partial charge is 0.483 e. The van der Waals surface area contributed by atoms with E-state index in [1.165, 1.54) is 0 Å². The smallest absolute Gasteiger partial charge is 0.303 e. The van der Waals surface area contributed by atoms with Crippen molar-refractivity contribution in [1.82, 2.24) is 5.32 Å². The third kappa shape index (κ3) is 7.47. The topological polar surface area (TPSA) is 75.6 Å². The molecule has 21 heavy (non-hydrogen) atoms. The SMILES string of the molecule is CC(CCCC(=O)O)NC(=O)COc1ccc(Br)cc1Br. The van der Waals surface area contributed by atoms with Crippen molar-refractivity contribution >= 4 is 43.7 Å². The van der Waals surface area contributed by atoms with Crippen molar-refractivity contribution < 1.29 is 19.4 Å². The maximum absolute atomic E-state index is 11.7. The monoisotopic (exact) mass is 421 g/mol. The summed E-state index contributed by atoms with van der Waals surface area (Å²) >= 11 is 6.69. The number of benzene rings is 1. The van der Waals surface area contributed by atoms with Gasteiger partial charge >= 0.3 is 5.97 Å². The van der Waals surface area contributed by atoms with Crippen molar-refractivity contribution in [3.8, 4) is 5.75 Å². The molecule has 1 unspecified atom stereocenters. The van der Waals surface area contributed by atoms with E-state index in [9.17, 15) is 9.59 Å². The van der Waals surface area contributed by atoms with E-state index in [2.05, 4.69) is 37.2 Å². The molecule has 0 aliphatic heterocycles. The molecule has 0 fully saturated rings. The molecular formula is C14H17Br2NO4. The number of hydrogen-bond acceptors (Lipinski definition) is 3. The first-order valence-electron chi connectivity index (χ1n) is 6.47. The zero-order valence-electron chi connectivity index (χ0n) is 11.6. The van der Waals surface area contributed by atoms with Crippen molar-refractivity contribution in [1.29, 1.82) is 0 Å². The molecule has 0 saturated carbocycles. The lowest BCUT2D eigenvalue weighted by atomic mass is 10.1. The quantitative estimate of drug-likeness (QED) is 0.673. The lowest BCUT2D eigenvalue weighted by molar-refractivity contribution is -0.137. The number of carbonyl (C=O) groups excluding carboxylic acids is 1. The molecule has 7 heteroatoms. The first kappa shape index (κ1) is 18.0. The minimum Gasteiger partial charge on any atom is -0.483 e. The highest BCUT2D eigenvalue weighted by Crippen LogP contribution is 2.28. The van der Waals surface area contributed by atoms with Gasteiger partial charge in [-0.25, -0.2) is 0 Å². The van der Waals surface area contributed by atoms with Crippen LogP contribution in [0.3, 0.4) is 0 Å². The number of carboxylic acid groups (broad SMARTS) is 1. The highest BCUT2D eigenvalue weighted by molar-refractivity contribution is 9.11. The Morgan fingerprint density at radius 3 is 2.71 bits per heavy atom. The summed E-state index contributed by atoms with van der Waals surface area (Å²) < 4.78 is 7.10. The van der Waals surface area contributed by atoms with Crippen molar-refractivity contribution in [3.63, 3.8) is 0 Å². The summed E-state index contributed by atoms with van der Waals surface area (Å²) in [5.74, 6) is -0.462. The van der Waals surface area contributed by atoms with Crippen LogP contribution in [0.5, 0.6) is 5.75 Å². The average molecular weight is 423 g/mol. The molecule has 2 N–H and O–H groups in total. The second-order valence-corrected chi connectivity index (χ2v) is 6.39. The van der Waals surface area contributed by atoms with E-state index < -0.39 is 5.97 Å². The van der Waals surface area contributed by atoms with Gasteiger partial charge in [0.25, 0.3) is 5.91 Å². The number of hydrogen-bond donors (Lipinski definition) is 2. The molecule has 0 spiro atoms. The maximum atomic E-state index is 11.7. The van der Waals surface area contributed by atoms with E-state index in [1.807, 2.05) is 19.1 Å². The molecule has 0 aromatic heterocycles. The van der Waals surface area contributed by atoms with Gasteiger partial charge in [-0.3, -0.25) is 9.59 Å². The third-order valence-corrected chi connectivity index (χ3v) is 3.80. The van der Waals surface area contributed by atoms with E-state index >= 15 is 0 Å². The minimum atomic E-state index is -0.822. The van der Waals surface area contributed by atoms with Gasteiger partial charge in [-0.15, -0.1) is 0 Å². The van der Waals surface area contributed by atoms with Gasteiger partial charge < -0.3 is 15.2 Å².